The van der Waals surface area contributed by atoms with E-state index < -0.39 is 0 Å². The van der Waals surface area contributed by atoms with Crippen molar-refractivity contribution in [3.8, 4) is 11.3 Å². The standard InChI is InChI=1S/C17H22N2O/c1-11(2)10-19-16(8-7-15(18)17(19)20)14-9-12(3)5-6-13(14)4/h5-9,11H,10,18H2,1-4H3. The van der Waals surface area contributed by atoms with E-state index in [1.807, 2.05) is 6.07 Å². The average Bonchev–Trinajstić information content (AvgIpc) is 2.38. The highest BCUT2D eigenvalue weighted by molar-refractivity contribution is 5.66. The molecule has 0 saturated heterocycles. The molecule has 0 radical (unpaired) electrons. The molecule has 0 aliphatic heterocycles. The second kappa shape index (κ2) is 5.53. The summed E-state index contributed by atoms with van der Waals surface area (Å²) in [5.41, 5.74) is 10.4. The Labute approximate surface area is 120 Å². The topological polar surface area (TPSA) is 48.0 Å². The van der Waals surface area contributed by atoms with Gasteiger partial charge in [-0.2, -0.15) is 0 Å². The summed E-state index contributed by atoms with van der Waals surface area (Å²) in [6, 6.07) is 9.94. The lowest BCUT2D eigenvalue weighted by molar-refractivity contribution is 0.516. The van der Waals surface area contributed by atoms with Crippen LogP contribution in [0.1, 0.15) is 25.0 Å². The monoisotopic (exact) mass is 270 g/mol. The van der Waals surface area contributed by atoms with Crippen LogP contribution in [0.3, 0.4) is 0 Å². The van der Waals surface area contributed by atoms with Crippen molar-refractivity contribution in [1.82, 2.24) is 4.57 Å². The molecule has 1 heterocycles. The number of nitrogens with zero attached hydrogens (tertiary/aromatic N) is 1. The first kappa shape index (κ1) is 14.4. The maximum Gasteiger partial charge on any atom is 0.274 e. The number of rotatable bonds is 3. The highest BCUT2D eigenvalue weighted by Gasteiger charge is 2.12. The molecule has 2 rings (SSSR count). The van der Waals surface area contributed by atoms with Gasteiger partial charge in [0.15, 0.2) is 0 Å². The number of nitrogens with two attached hydrogens (primary N) is 1. The molecule has 0 fully saturated rings. The van der Waals surface area contributed by atoms with Crippen LogP contribution in [0.4, 0.5) is 5.69 Å². The van der Waals surface area contributed by atoms with Crippen LogP contribution < -0.4 is 11.3 Å². The normalized spacial score (nSPS) is 11.1. The predicted molar refractivity (Wildman–Crippen MR) is 84.9 cm³/mol. The van der Waals surface area contributed by atoms with E-state index in [0.29, 0.717) is 18.2 Å². The lowest BCUT2D eigenvalue weighted by Crippen LogP contribution is -2.26. The van der Waals surface area contributed by atoms with Gasteiger partial charge in [-0.05, 0) is 43.5 Å². The van der Waals surface area contributed by atoms with Crippen LogP contribution in [0.2, 0.25) is 0 Å². The van der Waals surface area contributed by atoms with Crippen LogP contribution in [0, 0.1) is 19.8 Å². The largest absolute Gasteiger partial charge is 0.394 e. The van der Waals surface area contributed by atoms with E-state index in [2.05, 4.69) is 45.9 Å². The summed E-state index contributed by atoms with van der Waals surface area (Å²) in [6.07, 6.45) is 0. The van der Waals surface area contributed by atoms with Crippen molar-refractivity contribution in [3.63, 3.8) is 0 Å². The number of aryl methyl sites for hydroxylation is 2. The number of benzene rings is 1. The first-order valence-electron chi connectivity index (χ1n) is 6.97. The van der Waals surface area contributed by atoms with Crippen LogP contribution in [0.25, 0.3) is 11.3 Å². The second-order valence-electron chi connectivity index (χ2n) is 5.80. The van der Waals surface area contributed by atoms with Crippen LogP contribution in [-0.4, -0.2) is 4.57 Å². The Bertz CT molecular complexity index is 684. The Hall–Kier alpha value is -2.03. The van der Waals surface area contributed by atoms with Crippen molar-refractivity contribution in [2.75, 3.05) is 5.73 Å². The van der Waals surface area contributed by atoms with Crippen molar-refractivity contribution in [2.24, 2.45) is 5.92 Å². The fraction of sp³-hybridized carbons (Fsp3) is 0.353. The van der Waals surface area contributed by atoms with Gasteiger partial charge in [-0.1, -0.05) is 31.5 Å². The number of hydrogen-bond acceptors (Lipinski definition) is 2. The van der Waals surface area contributed by atoms with E-state index in [-0.39, 0.29) is 5.56 Å². The Balaban J connectivity index is 2.70. The summed E-state index contributed by atoms with van der Waals surface area (Å²) >= 11 is 0. The first-order chi connectivity index (χ1) is 9.40. The van der Waals surface area contributed by atoms with E-state index in [1.165, 1.54) is 5.56 Å². The maximum atomic E-state index is 12.3. The molecule has 0 aliphatic carbocycles. The van der Waals surface area contributed by atoms with Crippen molar-refractivity contribution in [3.05, 3.63) is 51.8 Å². The SMILES string of the molecule is Cc1ccc(C)c(-c2ccc(N)c(=O)n2CC(C)C)c1. The summed E-state index contributed by atoms with van der Waals surface area (Å²) in [5.74, 6) is 0.387. The molecule has 0 aliphatic rings. The maximum absolute atomic E-state index is 12.3. The molecule has 3 heteroatoms. The Morgan fingerprint density at radius 3 is 2.50 bits per heavy atom. The van der Waals surface area contributed by atoms with Crippen molar-refractivity contribution in [1.29, 1.82) is 0 Å². The third-order valence-corrected chi connectivity index (χ3v) is 3.42. The van der Waals surface area contributed by atoms with Gasteiger partial charge in [0.05, 0.1) is 11.4 Å². The second-order valence-corrected chi connectivity index (χ2v) is 5.80. The minimum atomic E-state index is -0.0999. The summed E-state index contributed by atoms with van der Waals surface area (Å²) < 4.78 is 1.79. The van der Waals surface area contributed by atoms with Gasteiger partial charge in [0.1, 0.15) is 0 Å². The van der Waals surface area contributed by atoms with Gasteiger partial charge in [0.25, 0.3) is 5.56 Å². The average molecular weight is 270 g/mol. The molecule has 106 valence electrons. The minimum absolute atomic E-state index is 0.0999. The zero-order valence-electron chi connectivity index (χ0n) is 12.6. The first-order valence-corrected chi connectivity index (χ1v) is 6.97. The van der Waals surface area contributed by atoms with E-state index >= 15 is 0 Å². The molecule has 1 aromatic carbocycles. The molecule has 0 spiro atoms. The van der Waals surface area contributed by atoms with Gasteiger partial charge < -0.3 is 10.3 Å². The summed E-state index contributed by atoms with van der Waals surface area (Å²) in [7, 11) is 0. The third kappa shape index (κ3) is 2.77. The van der Waals surface area contributed by atoms with Crippen molar-refractivity contribution in [2.45, 2.75) is 34.2 Å². The number of aromatic nitrogens is 1. The van der Waals surface area contributed by atoms with Crippen LogP contribution in [0.5, 0.6) is 0 Å². The third-order valence-electron chi connectivity index (χ3n) is 3.42. The zero-order chi connectivity index (χ0) is 14.9. The van der Waals surface area contributed by atoms with E-state index in [9.17, 15) is 4.79 Å². The van der Waals surface area contributed by atoms with Crippen molar-refractivity contribution >= 4 is 5.69 Å². The molecule has 0 amide bonds. The van der Waals surface area contributed by atoms with Gasteiger partial charge in [-0.15, -0.1) is 0 Å². The van der Waals surface area contributed by atoms with Crippen LogP contribution >= 0.6 is 0 Å². The molecule has 0 unspecified atom stereocenters. The summed E-state index contributed by atoms with van der Waals surface area (Å²) in [4.78, 5) is 12.3. The Morgan fingerprint density at radius 1 is 1.15 bits per heavy atom. The fourth-order valence-corrected chi connectivity index (χ4v) is 2.39. The van der Waals surface area contributed by atoms with Gasteiger partial charge >= 0.3 is 0 Å². The van der Waals surface area contributed by atoms with Crippen molar-refractivity contribution < 1.29 is 0 Å². The molecule has 0 saturated carbocycles. The zero-order valence-corrected chi connectivity index (χ0v) is 12.6. The Morgan fingerprint density at radius 2 is 1.85 bits per heavy atom. The lowest BCUT2D eigenvalue weighted by Gasteiger charge is -2.17. The molecule has 1 aromatic heterocycles. The smallest absolute Gasteiger partial charge is 0.274 e. The number of anilines is 1. The predicted octanol–water partition coefficient (Wildman–Crippen LogP) is 3.37. The molecule has 20 heavy (non-hydrogen) atoms. The number of nitrogen functional groups attached to an aromatic ring is 1. The quantitative estimate of drug-likeness (QED) is 0.929. The molecule has 3 nitrogen and oxygen atoms in total. The van der Waals surface area contributed by atoms with Gasteiger partial charge in [0, 0.05) is 12.1 Å². The fourth-order valence-electron chi connectivity index (χ4n) is 2.39. The lowest BCUT2D eigenvalue weighted by atomic mass is 10.0. The molecule has 0 atom stereocenters. The van der Waals surface area contributed by atoms with E-state index in [1.54, 1.807) is 10.6 Å². The van der Waals surface area contributed by atoms with Crippen LogP contribution in [-0.2, 0) is 6.54 Å². The van der Waals surface area contributed by atoms with Gasteiger partial charge in [0.2, 0.25) is 0 Å². The minimum Gasteiger partial charge on any atom is -0.394 e. The number of pyridine rings is 1. The van der Waals surface area contributed by atoms with E-state index in [4.69, 9.17) is 5.73 Å². The molecular formula is C17H22N2O. The highest BCUT2D eigenvalue weighted by Crippen LogP contribution is 2.24. The molecule has 2 N–H and O–H groups in total. The highest BCUT2D eigenvalue weighted by atomic mass is 16.1. The summed E-state index contributed by atoms with van der Waals surface area (Å²) in [6.45, 7) is 9.00. The molecule has 2 aromatic rings. The molecule has 0 bridgehead atoms. The Kier molecular flexibility index (Phi) is 3.98. The molecular weight excluding hydrogens is 248 g/mol. The van der Waals surface area contributed by atoms with E-state index in [0.717, 1.165) is 16.8 Å². The van der Waals surface area contributed by atoms with Crippen LogP contribution in [0.15, 0.2) is 35.1 Å². The van der Waals surface area contributed by atoms with Gasteiger partial charge in [-0.25, -0.2) is 0 Å². The number of hydrogen-bond donors (Lipinski definition) is 1. The summed E-state index contributed by atoms with van der Waals surface area (Å²) in [5, 5.41) is 0. The van der Waals surface area contributed by atoms with Gasteiger partial charge in [-0.3, -0.25) is 4.79 Å².